The molecule has 0 radical (unpaired) electrons. The van der Waals surface area contributed by atoms with Gasteiger partial charge in [0, 0.05) is 19.0 Å². The second-order valence-electron chi connectivity index (χ2n) is 3.50. The number of halogens is 2. The highest BCUT2D eigenvalue weighted by atomic mass is 19.1. The van der Waals surface area contributed by atoms with Gasteiger partial charge < -0.3 is 10.4 Å². The fourth-order valence-corrected chi connectivity index (χ4v) is 1.24. The van der Waals surface area contributed by atoms with Crippen molar-refractivity contribution in [2.75, 3.05) is 6.54 Å². The van der Waals surface area contributed by atoms with Crippen molar-refractivity contribution in [2.45, 2.75) is 6.92 Å². The van der Waals surface area contributed by atoms with Gasteiger partial charge >= 0.3 is 5.97 Å². The molecule has 0 saturated heterocycles. The fraction of sp³-hybridized carbons (Fsp3) is 0.167. The molecular weight excluding hydrogens is 244 g/mol. The summed E-state index contributed by atoms with van der Waals surface area (Å²) in [4.78, 5) is 21.1. The predicted molar refractivity (Wildman–Crippen MR) is 61.0 cm³/mol. The molecule has 1 rings (SSSR count). The van der Waals surface area contributed by atoms with Crippen molar-refractivity contribution in [3.63, 3.8) is 0 Å². The molecule has 0 aliphatic heterocycles. The minimum atomic E-state index is -1.53. The number of benzene rings is 1. The maximum Gasteiger partial charge on any atom is 0.338 e. The molecule has 96 valence electrons. The number of carboxylic acid groups (broad SMARTS) is 1. The van der Waals surface area contributed by atoms with Gasteiger partial charge in [-0.3, -0.25) is 4.79 Å². The summed E-state index contributed by atoms with van der Waals surface area (Å²) in [5.41, 5.74) is -0.797. The number of nitrogens with one attached hydrogen (secondary N) is 1. The number of rotatable bonds is 4. The van der Waals surface area contributed by atoms with E-state index in [1.54, 1.807) is 0 Å². The van der Waals surface area contributed by atoms with Gasteiger partial charge in [0.05, 0.1) is 5.56 Å². The van der Waals surface area contributed by atoms with Crippen LogP contribution >= 0.6 is 0 Å². The number of aromatic carboxylic acids is 1. The third-order valence-electron chi connectivity index (χ3n) is 2.08. The van der Waals surface area contributed by atoms with Gasteiger partial charge in [-0.25, -0.2) is 13.6 Å². The molecule has 0 aliphatic carbocycles. The van der Waals surface area contributed by atoms with E-state index >= 15 is 0 Å². The highest BCUT2D eigenvalue weighted by molar-refractivity contribution is 5.88. The van der Waals surface area contributed by atoms with E-state index in [-0.39, 0.29) is 18.0 Å². The van der Waals surface area contributed by atoms with Crippen LogP contribution in [0, 0.1) is 11.6 Å². The van der Waals surface area contributed by atoms with Gasteiger partial charge in [0.1, 0.15) is 11.6 Å². The van der Waals surface area contributed by atoms with Crippen molar-refractivity contribution in [3.8, 4) is 0 Å². The van der Waals surface area contributed by atoms with Gasteiger partial charge in [0.15, 0.2) is 0 Å². The van der Waals surface area contributed by atoms with Gasteiger partial charge in [-0.05, 0) is 12.1 Å². The minimum absolute atomic E-state index is 0.0807. The summed E-state index contributed by atoms with van der Waals surface area (Å²) < 4.78 is 26.7. The van der Waals surface area contributed by atoms with Gasteiger partial charge in [-0.2, -0.15) is 0 Å². The Labute approximate surface area is 102 Å². The van der Waals surface area contributed by atoms with Crippen molar-refractivity contribution in [3.05, 3.63) is 41.0 Å². The first-order valence-corrected chi connectivity index (χ1v) is 5.05. The Morgan fingerprint density at radius 3 is 2.56 bits per heavy atom. The number of carbonyl (C=O) groups is 2. The summed E-state index contributed by atoms with van der Waals surface area (Å²) >= 11 is 0. The first kappa shape index (κ1) is 13.8. The standard InChI is InChI=1S/C12H11F2NO3/c1-7(16)15-4-2-3-8-5-11(14)9(12(17)18)6-10(8)13/h2-3,5-6H,4H2,1H3,(H,15,16)(H,17,18). The number of hydrogen-bond donors (Lipinski definition) is 2. The van der Waals surface area contributed by atoms with Gasteiger partial charge in [0.2, 0.25) is 5.91 Å². The average Bonchev–Trinajstić information content (AvgIpc) is 2.27. The molecule has 0 atom stereocenters. The zero-order valence-corrected chi connectivity index (χ0v) is 9.54. The zero-order valence-electron chi connectivity index (χ0n) is 9.54. The lowest BCUT2D eigenvalue weighted by Gasteiger charge is -2.02. The van der Waals surface area contributed by atoms with Crippen LogP contribution in [0.25, 0.3) is 6.08 Å². The van der Waals surface area contributed by atoms with Crippen molar-refractivity contribution in [2.24, 2.45) is 0 Å². The van der Waals surface area contributed by atoms with Crippen LogP contribution in [0.1, 0.15) is 22.8 Å². The van der Waals surface area contributed by atoms with E-state index in [0.717, 1.165) is 6.07 Å². The van der Waals surface area contributed by atoms with Crippen LogP contribution in [-0.2, 0) is 4.79 Å². The second-order valence-corrected chi connectivity index (χ2v) is 3.50. The van der Waals surface area contributed by atoms with Crippen molar-refractivity contribution >= 4 is 18.0 Å². The third kappa shape index (κ3) is 3.65. The Balaban J connectivity index is 2.88. The van der Waals surface area contributed by atoms with Gasteiger partial charge in [-0.15, -0.1) is 0 Å². The Bertz CT molecular complexity index is 512. The number of amides is 1. The van der Waals surface area contributed by atoms with Crippen molar-refractivity contribution < 1.29 is 23.5 Å². The van der Waals surface area contributed by atoms with E-state index in [2.05, 4.69) is 5.32 Å². The Morgan fingerprint density at radius 1 is 1.33 bits per heavy atom. The molecule has 2 N–H and O–H groups in total. The van der Waals surface area contributed by atoms with Gasteiger partial charge in [0.25, 0.3) is 0 Å². The highest BCUT2D eigenvalue weighted by Crippen LogP contribution is 2.16. The average molecular weight is 255 g/mol. The first-order valence-electron chi connectivity index (χ1n) is 5.05. The Kier molecular flexibility index (Phi) is 4.53. The summed E-state index contributed by atoms with van der Waals surface area (Å²) in [6.45, 7) is 1.51. The maximum atomic E-state index is 13.4. The quantitative estimate of drug-likeness (QED) is 0.862. The van der Waals surface area contributed by atoms with Crippen LogP contribution < -0.4 is 5.32 Å². The number of hydrogen-bond acceptors (Lipinski definition) is 2. The predicted octanol–water partition coefficient (Wildman–Crippen LogP) is 1.81. The summed E-state index contributed by atoms with van der Waals surface area (Å²) in [7, 11) is 0. The molecule has 0 saturated carbocycles. The molecule has 0 fully saturated rings. The fourth-order valence-electron chi connectivity index (χ4n) is 1.24. The zero-order chi connectivity index (χ0) is 13.7. The van der Waals surface area contributed by atoms with Crippen molar-refractivity contribution in [1.29, 1.82) is 0 Å². The molecule has 0 unspecified atom stereocenters. The molecule has 1 aromatic rings. The summed E-state index contributed by atoms with van der Waals surface area (Å²) in [6.07, 6.45) is 2.69. The van der Waals surface area contributed by atoms with Crippen LogP contribution in [0.15, 0.2) is 18.2 Å². The molecular formula is C12H11F2NO3. The smallest absolute Gasteiger partial charge is 0.338 e. The third-order valence-corrected chi connectivity index (χ3v) is 2.08. The largest absolute Gasteiger partial charge is 0.478 e. The molecule has 1 amide bonds. The minimum Gasteiger partial charge on any atom is -0.478 e. The van der Waals surface area contributed by atoms with Gasteiger partial charge in [-0.1, -0.05) is 12.2 Å². The molecule has 0 spiro atoms. The van der Waals surface area contributed by atoms with E-state index < -0.39 is 23.2 Å². The van der Waals surface area contributed by atoms with Crippen molar-refractivity contribution in [1.82, 2.24) is 5.32 Å². The van der Waals surface area contributed by atoms with Crippen LogP contribution in [0.5, 0.6) is 0 Å². The second kappa shape index (κ2) is 5.90. The Hall–Kier alpha value is -2.24. The molecule has 1 aromatic carbocycles. The lowest BCUT2D eigenvalue weighted by atomic mass is 10.1. The molecule has 18 heavy (non-hydrogen) atoms. The first-order chi connectivity index (χ1) is 8.41. The van der Waals surface area contributed by atoms with E-state index in [1.165, 1.54) is 19.1 Å². The summed E-state index contributed by atoms with van der Waals surface area (Å²) in [6, 6.07) is 1.42. The van der Waals surface area contributed by atoms with Crippen LogP contribution in [0.2, 0.25) is 0 Å². The molecule has 0 bridgehead atoms. The lowest BCUT2D eigenvalue weighted by Crippen LogP contribution is -2.19. The molecule has 4 nitrogen and oxygen atoms in total. The summed E-state index contributed by atoms with van der Waals surface area (Å²) in [5, 5.41) is 11.0. The van der Waals surface area contributed by atoms with E-state index in [0.29, 0.717) is 6.07 Å². The highest BCUT2D eigenvalue weighted by Gasteiger charge is 2.13. The van der Waals surface area contributed by atoms with E-state index in [1.807, 2.05) is 0 Å². The number of carbonyl (C=O) groups excluding carboxylic acids is 1. The van der Waals surface area contributed by atoms with E-state index in [4.69, 9.17) is 5.11 Å². The van der Waals surface area contributed by atoms with Crippen LogP contribution in [-0.4, -0.2) is 23.5 Å². The van der Waals surface area contributed by atoms with Crippen LogP contribution in [0.3, 0.4) is 0 Å². The molecule has 0 aliphatic rings. The molecule has 0 aromatic heterocycles. The SMILES string of the molecule is CC(=O)NCC=Cc1cc(F)c(C(=O)O)cc1F. The lowest BCUT2D eigenvalue weighted by molar-refractivity contribution is -0.118. The monoisotopic (exact) mass is 255 g/mol. The maximum absolute atomic E-state index is 13.4. The number of carboxylic acids is 1. The molecule has 0 heterocycles. The van der Waals surface area contributed by atoms with Crippen LogP contribution in [0.4, 0.5) is 8.78 Å². The van der Waals surface area contributed by atoms with E-state index in [9.17, 15) is 18.4 Å². The summed E-state index contributed by atoms with van der Waals surface area (Å²) in [5.74, 6) is -3.62. The Morgan fingerprint density at radius 2 is 2.00 bits per heavy atom. The molecule has 6 heteroatoms. The topological polar surface area (TPSA) is 66.4 Å². The normalized spacial score (nSPS) is 10.6.